The van der Waals surface area contributed by atoms with Crippen LogP contribution in [0.5, 0.6) is 0 Å². The Balaban J connectivity index is 0.00000112. The number of hydrogen-bond donors (Lipinski definition) is 1. The first kappa shape index (κ1) is 13.1. The molecule has 90 valence electrons. The second-order valence-corrected chi connectivity index (χ2v) is 4.15. The first-order valence-corrected chi connectivity index (χ1v) is 5.04. The van der Waals surface area contributed by atoms with Gasteiger partial charge in [-0.05, 0) is 31.5 Å². The van der Waals surface area contributed by atoms with E-state index in [9.17, 15) is 13.2 Å². The Morgan fingerprint density at radius 1 is 1.27 bits per heavy atom. The van der Waals surface area contributed by atoms with Crippen molar-refractivity contribution in [2.45, 2.75) is 19.1 Å². The van der Waals surface area contributed by atoms with Gasteiger partial charge >= 0.3 is 6.18 Å². The summed E-state index contributed by atoms with van der Waals surface area (Å²) in [4.78, 5) is 1.57. The van der Waals surface area contributed by atoms with Gasteiger partial charge in [0.15, 0.2) is 0 Å². The highest BCUT2D eigenvalue weighted by atomic mass is 35.5. The van der Waals surface area contributed by atoms with Crippen molar-refractivity contribution >= 4 is 12.4 Å². The molecular weight excluding hydrogens is 229 g/mol. The fourth-order valence-electron chi connectivity index (χ4n) is 2.59. The molecule has 0 aromatic heterocycles. The van der Waals surface area contributed by atoms with Gasteiger partial charge in [-0.2, -0.15) is 13.2 Å². The molecule has 1 saturated heterocycles. The van der Waals surface area contributed by atoms with E-state index in [0.717, 1.165) is 13.1 Å². The Kier molecular flexibility index (Phi) is 3.90. The number of piperidine rings is 1. The molecule has 0 bridgehead atoms. The quantitative estimate of drug-likeness (QED) is 0.810. The minimum absolute atomic E-state index is 0. The molecule has 3 atom stereocenters. The molecule has 15 heavy (non-hydrogen) atoms. The Morgan fingerprint density at radius 3 is 2.20 bits per heavy atom. The van der Waals surface area contributed by atoms with E-state index in [1.165, 1.54) is 0 Å². The maximum atomic E-state index is 12.2. The third-order valence-electron chi connectivity index (χ3n) is 3.26. The van der Waals surface area contributed by atoms with Gasteiger partial charge < -0.3 is 5.32 Å². The summed E-state index contributed by atoms with van der Waals surface area (Å²) in [6, 6.07) is 0.183. The molecule has 1 aliphatic carbocycles. The average Bonchev–Trinajstić information content (AvgIpc) is 2.56. The maximum Gasteiger partial charge on any atom is 0.401 e. The third-order valence-corrected chi connectivity index (χ3v) is 3.26. The van der Waals surface area contributed by atoms with Gasteiger partial charge in [-0.3, -0.25) is 4.90 Å². The molecule has 2 nitrogen and oxygen atoms in total. The molecule has 0 aromatic rings. The van der Waals surface area contributed by atoms with E-state index in [2.05, 4.69) is 5.32 Å². The molecule has 6 heteroatoms. The molecule has 0 amide bonds. The lowest BCUT2D eigenvalue weighted by atomic mass is 10.3. The van der Waals surface area contributed by atoms with Gasteiger partial charge in [0.05, 0.1) is 6.54 Å². The Bertz CT molecular complexity index is 212. The number of nitrogens with zero attached hydrogens (tertiary/aromatic N) is 1. The fourth-order valence-corrected chi connectivity index (χ4v) is 2.59. The minimum atomic E-state index is -4.06. The van der Waals surface area contributed by atoms with Crippen LogP contribution < -0.4 is 5.32 Å². The predicted molar refractivity (Wildman–Crippen MR) is 54.2 cm³/mol. The number of hydrogen-bond acceptors (Lipinski definition) is 2. The molecule has 0 aromatic carbocycles. The van der Waals surface area contributed by atoms with Gasteiger partial charge in [-0.15, -0.1) is 12.4 Å². The Morgan fingerprint density at radius 2 is 1.80 bits per heavy atom. The molecule has 2 aliphatic rings. The number of halogens is 4. The highest BCUT2D eigenvalue weighted by Crippen LogP contribution is 2.46. The lowest BCUT2D eigenvalue weighted by Gasteiger charge is -2.23. The summed E-state index contributed by atoms with van der Waals surface area (Å²) in [5.74, 6) is 0.939. The SMILES string of the molecule is CCN(CC(F)(F)F)[C@H]1[C@@H]2CNC[C@@H]21.Cl. The lowest BCUT2D eigenvalue weighted by molar-refractivity contribution is -0.147. The van der Waals surface area contributed by atoms with E-state index in [1.807, 2.05) is 0 Å². The van der Waals surface area contributed by atoms with Crippen LogP contribution in [0.1, 0.15) is 6.92 Å². The van der Waals surface area contributed by atoms with Crippen LogP contribution in [0.25, 0.3) is 0 Å². The number of alkyl halides is 3. The molecule has 2 rings (SSSR count). The van der Waals surface area contributed by atoms with Gasteiger partial charge in [0.2, 0.25) is 0 Å². The summed E-state index contributed by atoms with van der Waals surface area (Å²) >= 11 is 0. The second kappa shape index (κ2) is 4.47. The van der Waals surface area contributed by atoms with Crippen molar-refractivity contribution in [1.82, 2.24) is 10.2 Å². The molecule has 1 aliphatic heterocycles. The highest BCUT2D eigenvalue weighted by Gasteiger charge is 2.56. The van der Waals surface area contributed by atoms with E-state index < -0.39 is 12.7 Å². The van der Waals surface area contributed by atoms with Crippen LogP contribution in [0.4, 0.5) is 13.2 Å². The summed E-state index contributed by atoms with van der Waals surface area (Å²) in [6.45, 7) is 3.33. The lowest BCUT2D eigenvalue weighted by Crippen LogP contribution is -2.39. The molecule has 1 N–H and O–H groups in total. The van der Waals surface area contributed by atoms with Crippen LogP contribution in [0.15, 0.2) is 0 Å². The number of rotatable bonds is 3. The zero-order valence-electron chi connectivity index (χ0n) is 8.55. The molecule has 1 saturated carbocycles. The normalized spacial score (nSPS) is 33.8. The van der Waals surface area contributed by atoms with Gasteiger partial charge in [0.25, 0.3) is 0 Å². The Labute approximate surface area is 93.6 Å². The third kappa shape index (κ3) is 2.77. The van der Waals surface area contributed by atoms with Crippen LogP contribution in [-0.4, -0.2) is 43.3 Å². The summed E-state index contributed by atoms with van der Waals surface area (Å²) in [5.41, 5.74) is 0. The molecule has 0 spiro atoms. The largest absolute Gasteiger partial charge is 0.401 e. The van der Waals surface area contributed by atoms with Gasteiger partial charge in [0.1, 0.15) is 0 Å². The smallest absolute Gasteiger partial charge is 0.316 e. The fraction of sp³-hybridized carbons (Fsp3) is 1.00. The second-order valence-electron chi connectivity index (χ2n) is 4.15. The zero-order chi connectivity index (χ0) is 10.3. The molecule has 0 radical (unpaired) electrons. The highest BCUT2D eigenvalue weighted by molar-refractivity contribution is 5.85. The summed E-state index contributed by atoms with van der Waals surface area (Å²) in [6.07, 6.45) is -4.06. The van der Waals surface area contributed by atoms with E-state index in [4.69, 9.17) is 0 Å². The van der Waals surface area contributed by atoms with E-state index in [-0.39, 0.29) is 18.4 Å². The summed E-state index contributed by atoms with van der Waals surface area (Å²) in [7, 11) is 0. The minimum Gasteiger partial charge on any atom is -0.316 e. The van der Waals surface area contributed by atoms with Crippen molar-refractivity contribution in [3.05, 3.63) is 0 Å². The zero-order valence-corrected chi connectivity index (χ0v) is 9.37. The van der Waals surface area contributed by atoms with Crippen LogP contribution in [0.2, 0.25) is 0 Å². The average molecular weight is 245 g/mol. The number of nitrogens with one attached hydrogen (secondary N) is 1. The molecular formula is C9H16ClF3N2. The molecule has 2 fully saturated rings. The van der Waals surface area contributed by atoms with Crippen molar-refractivity contribution in [3.8, 4) is 0 Å². The van der Waals surface area contributed by atoms with Gasteiger partial charge in [0, 0.05) is 6.04 Å². The molecule has 0 unspecified atom stereocenters. The van der Waals surface area contributed by atoms with Crippen molar-refractivity contribution in [1.29, 1.82) is 0 Å². The maximum absolute atomic E-state index is 12.2. The van der Waals surface area contributed by atoms with Crippen molar-refractivity contribution in [2.75, 3.05) is 26.2 Å². The van der Waals surface area contributed by atoms with Crippen molar-refractivity contribution in [3.63, 3.8) is 0 Å². The molecule has 1 heterocycles. The van der Waals surface area contributed by atoms with Gasteiger partial charge in [-0.1, -0.05) is 6.92 Å². The summed E-state index contributed by atoms with van der Waals surface area (Å²) < 4.78 is 36.6. The monoisotopic (exact) mass is 244 g/mol. The summed E-state index contributed by atoms with van der Waals surface area (Å²) in [5, 5.41) is 3.19. The van der Waals surface area contributed by atoms with Gasteiger partial charge in [-0.25, -0.2) is 0 Å². The topological polar surface area (TPSA) is 15.3 Å². The first-order chi connectivity index (χ1) is 6.53. The van der Waals surface area contributed by atoms with Crippen molar-refractivity contribution in [2.24, 2.45) is 11.8 Å². The van der Waals surface area contributed by atoms with Crippen LogP contribution in [-0.2, 0) is 0 Å². The Hall–Kier alpha value is 0. The van der Waals surface area contributed by atoms with E-state index in [0.29, 0.717) is 18.4 Å². The van der Waals surface area contributed by atoms with Crippen molar-refractivity contribution < 1.29 is 13.2 Å². The van der Waals surface area contributed by atoms with Crippen LogP contribution >= 0.6 is 12.4 Å². The predicted octanol–water partition coefficient (Wildman–Crippen LogP) is 1.51. The van der Waals surface area contributed by atoms with E-state index in [1.54, 1.807) is 11.8 Å². The van der Waals surface area contributed by atoms with Crippen LogP contribution in [0, 0.1) is 11.8 Å². The van der Waals surface area contributed by atoms with E-state index >= 15 is 0 Å². The number of fused-ring (bicyclic) bond motifs is 1. The first-order valence-electron chi connectivity index (χ1n) is 5.04. The van der Waals surface area contributed by atoms with Crippen LogP contribution in [0.3, 0.4) is 0 Å². The standard InChI is InChI=1S/C9H15F3N2.ClH/c1-2-14(5-9(10,11)12)8-6-3-13-4-7(6)8;/h6-8,13H,2-5H2,1H3;1H/t6-,7+,8+;.